The number of fused-ring (bicyclic) bond motifs is 9. The molecule has 0 radical (unpaired) electrons. The van der Waals surface area contributed by atoms with Crippen molar-refractivity contribution >= 4 is 54.1 Å². The van der Waals surface area contributed by atoms with E-state index in [1.807, 2.05) is 12.4 Å². The van der Waals surface area contributed by atoms with Crippen molar-refractivity contribution in [2.45, 2.75) is 0 Å². The summed E-state index contributed by atoms with van der Waals surface area (Å²) in [6.45, 7) is 0. The van der Waals surface area contributed by atoms with Crippen LogP contribution in [0.4, 0.5) is 0 Å². The Morgan fingerprint density at radius 3 is 1.76 bits per heavy atom. The molecule has 8 rings (SSSR count). The predicted molar refractivity (Wildman–Crippen MR) is 157 cm³/mol. The second-order valence-electron chi connectivity index (χ2n) is 9.65. The molecule has 0 aliphatic heterocycles. The Morgan fingerprint density at radius 1 is 0.405 bits per heavy atom. The summed E-state index contributed by atoms with van der Waals surface area (Å²) in [4.78, 5) is 4.44. The summed E-state index contributed by atoms with van der Waals surface area (Å²) in [5, 5.41) is 10.0. The van der Waals surface area contributed by atoms with Crippen molar-refractivity contribution in [2.75, 3.05) is 0 Å². The van der Waals surface area contributed by atoms with E-state index in [-0.39, 0.29) is 0 Å². The average molecular weight is 471 g/mol. The third-order valence-corrected chi connectivity index (χ3v) is 7.66. The highest BCUT2D eigenvalue weighted by Crippen LogP contribution is 2.38. The molecular weight excluding hydrogens is 448 g/mol. The zero-order chi connectivity index (χ0) is 24.3. The first-order chi connectivity index (χ1) is 18.4. The van der Waals surface area contributed by atoms with E-state index in [0.717, 1.165) is 0 Å². The highest BCUT2D eigenvalue weighted by Gasteiger charge is 2.13. The van der Waals surface area contributed by atoms with Crippen molar-refractivity contribution in [3.8, 4) is 16.8 Å². The molecule has 2 nitrogen and oxygen atoms in total. The Kier molecular flexibility index (Phi) is 4.26. The maximum atomic E-state index is 4.44. The van der Waals surface area contributed by atoms with Crippen molar-refractivity contribution in [1.82, 2.24) is 9.55 Å². The molecule has 2 aromatic heterocycles. The number of hydrogen-bond donors (Lipinski definition) is 0. The van der Waals surface area contributed by atoms with Crippen LogP contribution < -0.4 is 0 Å². The number of benzene rings is 6. The average Bonchev–Trinajstić information content (AvgIpc) is 3.32. The van der Waals surface area contributed by atoms with E-state index in [9.17, 15) is 0 Å². The topological polar surface area (TPSA) is 17.8 Å². The van der Waals surface area contributed by atoms with Crippen LogP contribution in [0.2, 0.25) is 0 Å². The van der Waals surface area contributed by atoms with E-state index in [1.165, 1.54) is 70.9 Å². The summed E-state index contributed by atoms with van der Waals surface area (Å²) < 4.78 is 2.38. The molecule has 2 heteroatoms. The van der Waals surface area contributed by atoms with Crippen LogP contribution in [0.3, 0.4) is 0 Å². The second-order valence-corrected chi connectivity index (χ2v) is 9.65. The fourth-order valence-electron chi connectivity index (χ4n) is 6.00. The Hall–Kier alpha value is -4.95. The summed E-state index contributed by atoms with van der Waals surface area (Å²) in [5.74, 6) is 0. The van der Waals surface area contributed by atoms with E-state index in [1.54, 1.807) is 0 Å². The smallest absolute Gasteiger partial charge is 0.0541 e. The summed E-state index contributed by atoms with van der Waals surface area (Å²) in [6, 6.07) is 43.9. The summed E-state index contributed by atoms with van der Waals surface area (Å²) in [6.07, 6.45) is 3.88. The van der Waals surface area contributed by atoms with Gasteiger partial charge in [0.15, 0.2) is 0 Å². The molecule has 0 N–H and O–H groups in total. The van der Waals surface area contributed by atoms with Crippen LogP contribution in [0, 0.1) is 0 Å². The largest absolute Gasteiger partial charge is 0.309 e. The molecule has 0 bridgehead atoms. The number of nitrogens with zero attached hydrogens (tertiary/aromatic N) is 2. The normalized spacial score (nSPS) is 11.8. The molecule has 0 saturated carbocycles. The Bertz CT molecular complexity index is 2060. The lowest BCUT2D eigenvalue weighted by atomic mass is 9.93. The monoisotopic (exact) mass is 470 g/mol. The van der Waals surface area contributed by atoms with Gasteiger partial charge in [-0.2, -0.15) is 0 Å². The Morgan fingerprint density at radius 2 is 1.00 bits per heavy atom. The third-order valence-electron chi connectivity index (χ3n) is 7.66. The van der Waals surface area contributed by atoms with E-state index in [4.69, 9.17) is 0 Å². The minimum Gasteiger partial charge on any atom is -0.309 e. The van der Waals surface area contributed by atoms with Gasteiger partial charge >= 0.3 is 0 Å². The molecule has 0 amide bonds. The zero-order valence-corrected chi connectivity index (χ0v) is 20.1. The van der Waals surface area contributed by atoms with Crippen molar-refractivity contribution in [1.29, 1.82) is 0 Å². The lowest BCUT2D eigenvalue weighted by Gasteiger charge is -2.13. The van der Waals surface area contributed by atoms with Gasteiger partial charge in [-0.3, -0.25) is 4.98 Å². The number of aromatic nitrogens is 2. The Balaban J connectivity index is 1.38. The van der Waals surface area contributed by atoms with Crippen LogP contribution in [0.5, 0.6) is 0 Å². The maximum absolute atomic E-state index is 4.44. The fraction of sp³-hybridized carbons (Fsp3) is 0. The molecule has 0 aliphatic rings. The van der Waals surface area contributed by atoms with Gasteiger partial charge in [0.25, 0.3) is 0 Å². The molecular formula is C35H22N2. The minimum atomic E-state index is 1.17. The molecule has 8 aromatic rings. The molecule has 0 unspecified atom stereocenters. The third kappa shape index (κ3) is 2.96. The summed E-state index contributed by atoms with van der Waals surface area (Å²) in [5.41, 5.74) is 6.04. The molecule has 0 atom stereocenters. The first-order valence-corrected chi connectivity index (χ1v) is 12.6. The van der Waals surface area contributed by atoms with Gasteiger partial charge in [-0.15, -0.1) is 0 Å². The van der Waals surface area contributed by atoms with E-state index < -0.39 is 0 Å². The van der Waals surface area contributed by atoms with E-state index in [2.05, 4.69) is 131 Å². The highest BCUT2D eigenvalue weighted by atomic mass is 15.0. The maximum Gasteiger partial charge on any atom is 0.0541 e. The molecule has 6 aromatic carbocycles. The highest BCUT2D eigenvalue weighted by molar-refractivity contribution is 6.25. The standard InChI is InChI=1S/C35H22N2/c1-2-11-27-26(10-1)29-18-19-36-22-33(29)28-17-16-24(21-32(27)28)23-8-7-9-25(20-23)37-34-14-5-3-12-30(34)31-13-4-6-15-35(31)37/h1-22H. The van der Waals surface area contributed by atoms with Gasteiger partial charge in [-0.1, -0.05) is 84.9 Å². The molecule has 0 spiro atoms. The first-order valence-electron chi connectivity index (χ1n) is 12.6. The van der Waals surface area contributed by atoms with Gasteiger partial charge in [0, 0.05) is 34.2 Å². The predicted octanol–water partition coefficient (Wildman–Crippen LogP) is 9.31. The lowest BCUT2D eigenvalue weighted by molar-refractivity contribution is 1.18. The molecule has 0 fully saturated rings. The van der Waals surface area contributed by atoms with Gasteiger partial charge in [-0.05, 0) is 74.5 Å². The zero-order valence-electron chi connectivity index (χ0n) is 20.1. The SMILES string of the molecule is c1cc(-c2ccc3c4cnccc4c4ccccc4c3c2)cc(-n2c3ccccc3c3ccccc32)c1. The molecule has 37 heavy (non-hydrogen) atoms. The van der Waals surface area contributed by atoms with Crippen LogP contribution in [0.25, 0.3) is 70.9 Å². The van der Waals surface area contributed by atoms with Crippen LogP contribution in [-0.2, 0) is 0 Å². The van der Waals surface area contributed by atoms with Gasteiger partial charge in [-0.25, -0.2) is 0 Å². The van der Waals surface area contributed by atoms with Crippen LogP contribution in [-0.4, -0.2) is 9.55 Å². The second kappa shape index (κ2) is 7.78. The lowest BCUT2D eigenvalue weighted by Crippen LogP contribution is -1.94. The van der Waals surface area contributed by atoms with Gasteiger partial charge < -0.3 is 4.57 Å². The van der Waals surface area contributed by atoms with Crippen molar-refractivity contribution < 1.29 is 0 Å². The fourth-order valence-corrected chi connectivity index (χ4v) is 6.00. The van der Waals surface area contributed by atoms with Crippen LogP contribution >= 0.6 is 0 Å². The number of rotatable bonds is 2. The Labute approximate surface area is 214 Å². The number of para-hydroxylation sites is 2. The summed E-state index contributed by atoms with van der Waals surface area (Å²) >= 11 is 0. The van der Waals surface area contributed by atoms with Gasteiger partial charge in [0.05, 0.1) is 11.0 Å². The quantitative estimate of drug-likeness (QED) is 0.230. The van der Waals surface area contributed by atoms with Crippen molar-refractivity contribution in [3.63, 3.8) is 0 Å². The van der Waals surface area contributed by atoms with Crippen LogP contribution in [0.15, 0.2) is 134 Å². The molecule has 172 valence electrons. The number of hydrogen-bond acceptors (Lipinski definition) is 1. The van der Waals surface area contributed by atoms with E-state index >= 15 is 0 Å². The summed E-state index contributed by atoms with van der Waals surface area (Å²) in [7, 11) is 0. The first kappa shape index (κ1) is 20.3. The van der Waals surface area contributed by atoms with Crippen molar-refractivity contribution in [3.05, 3.63) is 134 Å². The molecule has 0 aliphatic carbocycles. The van der Waals surface area contributed by atoms with Gasteiger partial charge in [0.2, 0.25) is 0 Å². The molecule has 0 saturated heterocycles. The number of pyridine rings is 1. The van der Waals surface area contributed by atoms with Crippen LogP contribution in [0.1, 0.15) is 0 Å². The molecule has 2 heterocycles. The van der Waals surface area contributed by atoms with Crippen molar-refractivity contribution in [2.24, 2.45) is 0 Å². The van der Waals surface area contributed by atoms with Gasteiger partial charge in [0.1, 0.15) is 0 Å². The van der Waals surface area contributed by atoms with E-state index in [0.29, 0.717) is 0 Å². The minimum absolute atomic E-state index is 1.17.